The lowest BCUT2D eigenvalue weighted by atomic mass is 9.76. The highest BCUT2D eigenvalue weighted by Gasteiger charge is 2.24. The second-order valence-electron chi connectivity index (χ2n) is 4.75. The van der Waals surface area contributed by atoms with Crippen LogP contribution in [-0.2, 0) is 4.74 Å². The molecule has 0 radical (unpaired) electrons. The molecule has 0 fully saturated rings. The van der Waals surface area contributed by atoms with E-state index in [0.29, 0.717) is 11.5 Å². The zero-order valence-electron chi connectivity index (χ0n) is 9.48. The summed E-state index contributed by atoms with van der Waals surface area (Å²) in [6.07, 6.45) is 2.82. The maximum absolute atomic E-state index is 5.28. The molecule has 0 bridgehead atoms. The summed E-state index contributed by atoms with van der Waals surface area (Å²) in [5.41, 5.74) is 0.418. The van der Waals surface area contributed by atoms with E-state index in [0.717, 1.165) is 5.92 Å². The molecule has 0 aliphatic heterocycles. The molecule has 74 valence electrons. The molecule has 0 rings (SSSR count). The van der Waals surface area contributed by atoms with Crippen molar-refractivity contribution in [2.24, 2.45) is 11.3 Å². The Morgan fingerprint density at radius 1 is 1.25 bits per heavy atom. The molecule has 0 heterocycles. The monoisotopic (exact) mass is 172 g/mol. The minimum Gasteiger partial charge on any atom is -0.382 e. The third-order valence-electron chi connectivity index (χ3n) is 2.74. The van der Waals surface area contributed by atoms with Gasteiger partial charge in [-0.25, -0.2) is 0 Å². The molecule has 2 atom stereocenters. The topological polar surface area (TPSA) is 9.23 Å². The van der Waals surface area contributed by atoms with Gasteiger partial charge in [0.05, 0.1) is 6.10 Å². The summed E-state index contributed by atoms with van der Waals surface area (Å²) in [4.78, 5) is 0. The van der Waals surface area contributed by atoms with Gasteiger partial charge >= 0.3 is 0 Å². The number of ether oxygens (including phenoxy) is 1. The lowest BCUT2D eigenvalue weighted by Gasteiger charge is -2.31. The zero-order chi connectivity index (χ0) is 9.78. The molecular weight excluding hydrogens is 148 g/mol. The second kappa shape index (κ2) is 4.86. The van der Waals surface area contributed by atoms with E-state index in [1.54, 1.807) is 7.11 Å². The molecule has 1 heteroatoms. The zero-order valence-corrected chi connectivity index (χ0v) is 9.48. The standard InChI is InChI=1S/C11H24O/c1-7-10(11(3,4)5)8-9(2)12-6/h9-10H,7-8H2,1-6H3. The van der Waals surface area contributed by atoms with Crippen LogP contribution in [0, 0.1) is 11.3 Å². The van der Waals surface area contributed by atoms with Crippen molar-refractivity contribution in [3.05, 3.63) is 0 Å². The van der Waals surface area contributed by atoms with Gasteiger partial charge in [-0.05, 0) is 24.7 Å². The van der Waals surface area contributed by atoms with Crippen LogP contribution < -0.4 is 0 Å². The maximum Gasteiger partial charge on any atom is 0.0546 e. The summed E-state index contributed by atoms with van der Waals surface area (Å²) in [6.45, 7) is 11.3. The molecule has 1 nitrogen and oxygen atoms in total. The van der Waals surface area contributed by atoms with Crippen molar-refractivity contribution < 1.29 is 4.74 Å². The van der Waals surface area contributed by atoms with Gasteiger partial charge in [-0.1, -0.05) is 34.1 Å². The van der Waals surface area contributed by atoms with Crippen molar-refractivity contribution in [3.63, 3.8) is 0 Å². The van der Waals surface area contributed by atoms with Crippen LogP contribution >= 0.6 is 0 Å². The van der Waals surface area contributed by atoms with E-state index < -0.39 is 0 Å². The van der Waals surface area contributed by atoms with Crippen molar-refractivity contribution in [1.29, 1.82) is 0 Å². The van der Waals surface area contributed by atoms with Crippen molar-refractivity contribution in [2.75, 3.05) is 7.11 Å². The van der Waals surface area contributed by atoms with Gasteiger partial charge in [-0.3, -0.25) is 0 Å². The predicted molar refractivity (Wildman–Crippen MR) is 54.3 cm³/mol. The fourth-order valence-electron chi connectivity index (χ4n) is 1.63. The fraction of sp³-hybridized carbons (Fsp3) is 1.00. The lowest BCUT2D eigenvalue weighted by Crippen LogP contribution is -2.24. The SMILES string of the molecule is CCC(CC(C)OC)C(C)(C)C. The van der Waals surface area contributed by atoms with Gasteiger partial charge in [-0.15, -0.1) is 0 Å². The second-order valence-corrected chi connectivity index (χ2v) is 4.75. The Kier molecular flexibility index (Phi) is 4.84. The van der Waals surface area contributed by atoms with Gasteiger partial charge in [0.2, 0.25) is 0 Å². The molecule has 0 aliphatic carbocycles. The molecule has 2 unspecified atom stereocenters. The maximum atomic E-state index is 5.28. The van der Waals surface area contributed by atoms with E-state index in [1.165, 1.54) is 12.8 Å². The summed E-state index contributed by atoms with van der Waals surface area (Å²) in [6, 6.07) is 0. The van der Waals surface area contributed by atoms with Crippen molar-refractivity contribution in [3.8, 4) is 0 Å². The minimum atomic E-state index is 0.397. The fourth-order valence-corrected chi connectivity index (χ4v) is 1.63. The summed E-state index contributed by atoms with van der Waals surface area (Å²) in [5, 5.41) is 0. The predicted octanol–water partition coefficient (Wildman–Crippen LogP) is 3.48. The molecule has 0 saturated carbocycles. The van der Waals surface area contributed by atoms with E-state index in [-0.39, 0.29) is 0 Å². The Balaban J connectivity index is 4.00. The molecular formula is C11H24O. The highest BCUT2D eigenvalue weighted by atomic mass is 16.5. The van der Waals surface area contributed by atoms with Crippen LogP contribution in [0.1, 0.15) is 47.5 Å². The third-order valence-corrected chi connectivity index (χ3v) is 2.74. The largest absolute Gasteiger partial charge is 0.382 e. The van der Waals surface area contributed by atoms with Gasteiger partial charge in [0.1, 0.15) is 0 Å². The van der Waals surface area contributed by atoms with Gasteiger partial charge in [0.15, 0.2) is 0 Å². The van der Waals surface area contributed by atoms with E-state index in [9.17, 15) is 0 Å². The first-order valence-corrected chi connectivity index (χ1v) is 4.94. The summed E-state index contributed by atoms with van der Waals surface area (Å²) >= 11 is 0. The summed E-state index contributed by atoms with van der Waals surface area (Å²) in [5.74, 6) is 0.771. The highest BCUT2D eigenvalue weighted by Crippen LogP contribution is 2.32. The molecule has 0 aromatic rings. The first-order valence-electron chi connectivity index (χ1n) is 4.94. The lowest BCUT2D eigenvalue weighted by molar-refractivity contribution is 0.0686. The molecule has 0 saturated heterocycles. The smallest absolute Gasteiger partial charge is 0.0546 e. The van der Waals surface area contributed by atoms with E-state index in [1.807, 2.05) is 0 Å². The van der Waals surface area contributed by atoms with Crippen LogP contribution in [0.15, 0.2) is 0 Å². The van der Waals surface area contributed by atoms with Gasteiger partial charge in [0, 0.05) is 7.11 Å². The molecule has 0 N–H and O–H groups in total. The van der Waals surface area contributed by atoms with Gasteiger partial charge in [-0.2, -0.15) is 0 Å². The van der Waals surface area contributed by atoms with Crippen LogP contribution in [0.2, 0.25) is 0 Å². The van der Waals surface area contributed by atoms with E-state index in [4.69, 9.17) is 4.74 Å². The minimum absolute atomic E-state index is 0.397. The Morgan fingerprint density at radius 3 is 2.00 bits per heavy atom. The van der Waals surface area contributed by atoms with E-state index >= 15 is 0 Å². The Bertz CT molecular complexity index is 113. The highest BCUT2D eigenvalue weighted by molar-refractivity contribution is 4.74. The van der Waals surface area contributed by atoms with E-state index in [2.05, 4.69) is 34.6 Å². The summed E-state index contributed by atoms with van der Waals surface area (Å²) in [7, 11) is 1.79. The molecule has 0 amide bonds. The Labute approximate surface area is 77.5 Å². The summed E-state index contributed by atoms with van der Waals surface area (Å²) < 4.78 is 5.28. The van der Waals surface area contributed by atoms with Crippen LogP contribution in [-0.4, -0.2) is 13.2 Å². The average Bonchev–Trinajstić information content (AvgIpc) is 1.97. The molecule has 0 aliphatic rings. The van der Waals surface area contributed by atoms with Crippen LogP contribution in [0.3, 0.4) is 0 Å². The number of hydrogen-bond donors (Lipinski definition) is 0. The normalized spacial score (nSPS) is 17.5. The van der Waals surface area contributed by atoms with Gasteiger partial charge in [0.25, 0.3) is 0 Å². The quantitative estimate of drug-likeness (QED) is 0.631. The van der Waals surface area contributed by atoms with Crippen molar-refractivity contribution >= 4 is 0 Å². The molecule has 12 heavy (non-hydrogen) atoms. The van der Waals surface area contributed by atoms with Crippen LogP contribution in [0.4, 0.5) is 0 Å². The van der Waals surface area contributed by atoms with Crippen molar-refractivity contribution in [2.45, 2.75) is 53.6 Å². The van der Waals surface area contributed by atoms with Crippen LogP contribution in [0.5, 0.6) is 0 Å². The number of methoxy groups -OCH3 is 1. The average molecular weight is 172 g/mol. The third kappa shape index (κ3) is 4.10. The number of hydrogen-bond acceptors (Lipinski definition) is 1. The Hall–Kier alpha value is -0.0400. The Morgan fingerprint density at radius 2 is 1.75 bits per heavy atom. The van der Waals surface area contributed by atoms with Crippen molar-refractivity contribution in [1.82, 2.24) is 0 Å². The first kappa shape index (κ1) is 12.0. The molecule has 0 aromatic heterocycles. The molecule has 0 aromatic carbocycles. The first-order chi connectivity index (χ1) is 5.41. The molecule has 0 spiro atoms. The number of rotatable bonds is 4. The van der Waals surface area contributed by atoms with Crippen LogP contribution in [0.25, 0.3) is 0 Å². The van der Waals surface area contributed by atoms with Gasteiger partial charge < -0.3 is 4.74 Å².